The maximum atomic E-state index is 13.4. The molecule has 0 bridgehead atoms. The minimum Gasteiger partial charge on any atom is -0.495 e. The number of nitrogens with one attached hydrogen (secondary N) is 3. The number of rotatable bonds is 8. The predicted octanol–water partition coefficient (Wildman–Crippen LogP) is 1.94. The van der Waals surface area contributed by atoms with E-state index in [1.807, 2.05) is 30.3 Å². The number of nitrogens with zero attached hydrogens (tertiary/aromatic N) is 3. The number of hydrogen-bond donors (Lipinski definition) is 3. The number of benzene rings is 2. The molecule has 0 saturated carbocycles. The van der Waals surface area contributed by atoms with E-state index in [4.69, 9.17) is 9.72 Å². The highest BCUT2D eigenvalue weighted by atomic mass is 16.5. The van der Waals surface area contributed by atoms with E-state index in [1.165, 1.54) is 0 Å². The normalized spacial score (nSPS) is 13.5. The highest BCUT2D eigenvalue weighted by molar-refractivity contribution is 6.04. The van der Waals surface area contributed by atoms with Crippen molar-refractivity contribution in [2.24, 2.45) is 0 Å². The Morgan fingerprint density at radius 2 is 1.76 bits per heavy atom. The Morgan fingerprint density at radius 1 is 1.06 bits per heavy atom. The average Bonchev–Trinajstić information content (AvgIpc) is 3.27. The van der Waals surface area contributed by atoms with Crippen LogP contribution < -0.4 is 25.6 Å². The third kappa shape index (κ3) is 4.68. The van der Waals surface area contributed by atoms with E-state index in [-0.39, 0.29) is 12.3 Å². The molecule has 0 radical (unpaired) electrons. The molecule has 0 atom stereocenters. The lowest BCUT2D eigenvalue weighted by Gasteiger charge is -2.29. The SMILES string of the molecule is CNc1nc(N2CCNCC2)n(-c2ccccc2OC)c1C(=O)NCC(=O)c1ccccc1. The predicted molar refractivity (Wildman–Crippen MR) is 128 cm³/mol. The molecule has 4 rings (SSSR count). The smallest absolute Gasteiger partial charge is 0.272 e. The summed E-state index contributed by atoms with van der Waals surface area (Å²) in [7, 11) is 3.32. The number of ether oxygens (including phenoxy) is 1. The Hall–Kier alpha value is -3.85. The molecule has 1 saturated heterocycles. The van der Waals surface area contributed by atoms with Crippen LogP contribution in [0.5, 0.6) is 5.75 Å². The number of Topliss-reactive ketones (excluding diaryl/α,β-unsaturated/α-hetero) is 1. The molecule has 1 aromatic heterocycles. The highest BCUT2D eigenvalue weighted by Crippen LogP contribution is 2.33. The first-order valence-electron chi connectivity index (χ1n) is 10.9. The molecule has 9 heteroatoms. The molecule has 3 aromatic rings. The molecule has 9 nitrogen and oxygen atoms in total. The van der Waals surface area contributed by atoms with Gasteiger partial charge in [-0.1, -0.05) is 42.5 Å². The molecule has 2 aromatic carbocycles. The third-order valence-corrected chi connectivity index (χ3v) is 5.54. The van der Waals surface area contributed by atoms with E-state index in [1.54, 1.807) is 43.0 Å². The lowest BCUT2D eigenvalue weighted by Crippen LogP contribution is -2.44. The number of ketones is 1. The second kappa shape index (κ2) is 10.2. The summed E-state index contributed by atoms with van der Waals surface area (Å²) in [5.41, 5.74) is 1.56. The molecule has 1 amide bonds. The molecule has 172 valence electrons. The van der Waals surface area contributed by atoms with E-state index in [0.717, 1.165) is 26.2 Å². The summed E-state index contributed by atoms with van der Waals surface area (Å²) in [6.45, 7) is 3.03. The van der Waals surface area contributed by atoms with Gasteiger partial charge in [-0.15, -0.1) is 0 Å². The van der Waals surface area contributed by atoms with Crippen LogP contribution in [-0.4, -0.2) is 68.1 Å². The largest absolute Gasteiger partial charge is 0.495 e. The average molecular weight is 449 g/mol. The molecule has 1 aliphatic rings. The number of hydrogen-bond acceptors (Lipinski definition) is 7. The Morgan fingerprint density at radius 3 is 2.45 bits per heavy atom. The fourth-order valence-corrected chi connectivity index (χ4v) is 3.88. The Balaban J connectivity index is 1.73. The van der Waals surface area contributed by atoms with Gasteiger partial charge in [0.25, 0.3) is 5.91 Å². The number of amides is 1. The summed E-state index contributed by atoms with van der Waals surface area (Å²) >= 11 is 0. The van der Waals surface area contributed by atoms with Crippen molar-refractivity contribution in [1.82, 2.24) is 20.2 Å². The van der Waals surface area contributed by atoms with Gasteiger partial charge >= 0.3 is 0 Å². The van der Waals surface area contributed by atoms with Crippen molar-refractivity contribution < 1.29 is 14.3 Å². The third-order valence-electron chi connectivity index (χ3n) is 5.54. The van der Waals surface area contributed by atoms with Crippen LogP contribution >= 0.6 is 0 Å². The van der Waals surface area contributed by atoms with Gasteiger partial charge in [0.15, 0.2) is 17.3 Å². The van der Waals surface area contributed by atoms with Crippen molar-refractivity contribution in [1.29, 1.82) is 0 Å². The summed E-state index contributed by atoms with van der Waals surface area (Å²) in [6, 6.07) is 16.4. The second-order valence-corrected chi connectivity index (χ2v) is 7.58. The fraction of sp³-hybridized carbons (Fsp3) is 0.292. The lowest BCUT2D eigenvalue weighted by molar-refractivity contribution is 0.0900. The molecule has 2 heterocycles. The van der Waals surface area contributed by atoms with E-state index in [0.29, 0.717) is 34.5 Å². The van der Waals surface area contributed by atoms with Crippen LogP contribution in [0, 0.1) is 0 Å². The van der Waals surface area contributed by atoms with Crippen LogP contribution in [0.25, 0.3) is 5.69 Å². The van der Waals surface area contributed by atoms with Crippen LogP contribution in [0.2, 0.25) is 0 Å². The van der Waals surface area contributed by atoms with E-state index >= 15 is 0 Å². The van der Waals surface area contributed by atoms with Gasteiger partial charge in [0.1, 0.15) is 5.75 Å². The van der Waals surface area contributed by atoms with Gasteiger partial charge in [0.05, 0.1) is 19.3 Å². The van der Waals surface area contributed by atoms with Crippen LogP contribution in [0.15, 0.2) is 54.6 Å². The number of imidazole rings is 1. The van der Waals surface area contributed by atoms with Crippen molar-refractivity contribution in [2.75, 3.05) is 57.1 Å². The first-order chi connectivity index (χ1) is 16.1. The number of piperazine rings is 1. The van der Waals surface area contributed by atoms with Crippen LogP contribution in [0.3, 0.4) is 0 Å². The second-order valence-electron chi connectivity index (χ2n) is 7.58. The summed E-state index contributed by atoms with van der Waals surface area (Å²) in [5, 5.41) is 9.15. The number of anilines is 2. The van der Waals surface area contributed by atoms with E-state index in [2.05, 4.69) is 20.9 Å². The highest BCUT2D eigenvalue weighted by Gasteiger charge is 2.29. The van der Waals surface area contributed by atoms with Crippen molar-refractivity contribution in [3.8, 4) is 11.4 Å². The maximum Gasteiger partial charge on any atom is 0.272 e. The van der Waals surface area contributed by atoms with Gasteiger partial charge in [-0.25, -0.2) is 0 Å². The molecule has 33 heavy (non-hydrogen) atoms. The first kappa shape index (κ1) is 22.3. The number of carbonyl (C=O) groups is 2. The summed E-state index contributed by atoms with van der Waals surface area (Å²) in [4.78, 5) is 32.9. The molecule has 0 aliphatic carbocycles. The Bertz CT molecular complexity index is 1120. The number of methoxy groups -OCH3 is 1. The number of carbonyl (C=O) groups excluding carboxylic acids is 2. The standard InChI is InChI=1S/C24H28N6O3/c1-25-22-21(23(32)27-16-19(31)17-8-4-3-5-9-17)30(18-10-6-7-11-20(18)33-2)24(28-22)29-14-12-26-13-15-29/h3-11,25-26H,12-16H2,1-2H3,(H,27,32). The van der Waals surface area contributed by atoms with E-state index in [9.17, 15) is 9.59 Å². The van der Waals surface area contributed by atoms with Crippen LogP contribution in [0.1, 0.15) is 20.8 Å². The van der Waals surface area contributed by atoms with Gasteiger partial charge in [0, 0.05) is 38.8 Å². The monoisotopic (exact) mass is 448 g/mol. The summed E-state index contributed by atoms with van der Waals surface area (Å²) < 4.78 is 7.39. The maximum absolute atomic E-state index is 13.4. The van der Waals surface area contributed by atoms with Gasteiger partial charge in [-0.3, -0.25) is 14.2 Å². The fourth-order valence-electron chi connectivity index (χ4n) is 3.88. The summed E-state index contributed by atoms with van der Waals surface area (Å²) in [5.74, 6) is 1.12. The zero-order chi connectivity index (χ0) is 23.2. The van der Waals surface area contributed by atoms with Gasteiger partial charge in [-0.05, 0) is 12.1 Å². The number of para-hydroxylation sites is 2. The van der Waals surface area contributed by atoms with Gasteiger partial charge in [-0.2, -0.15) is 4.98 Å². The molecule has 0 unspecified atom stereocenters. The molecule has 3 N–H and O–H groups in total. The van der Waals surface area contributed by atoms with E-state index < -0.39 is 5.91 Å². The minimum absolute atomic E-state index is 0.119. The van der Waals surface area contributed by atoms with Crippen molar-refractivity contribution in [2.45, 2.75) is 0 Å². The van der Waals surface area contributed by atoms with Gasteiger partial charge in [0.2, 0.25) is 5.95 Å². The first-order valence-corrected chi connectivity index (χ1v) is 10.9. The lowest BCUT2D eigenvalue weighted by atomic mass is 10.1. The zero-order valence-corrected chi connectivity index (χ0v) is 18.8. The topological polar surface area (TPSA) is 101 Å². The number of aromatic nitrogens is 2. The summed E-state index contributed by atoms with van der Waals surface area (Å²) in [6.07, 6.45) is 0. The van der Waals surface area contributed by atoms with Crippen LogP contribution in [-0.2, 0) is 0 Å². The molecular weight excluding hydrogens is 420 g/mol. The minimum atomic E-state index is -0.400. The molecule has 0 spiro atoms. The molecule has 1 fully saturated rings. The Labute approximate surface area is 192 Å². The van der Waals surface area contributed by atoms with Crippen molar-refractivity contribution in [3.05, 3.63) is 65.9 Å². The van der Waals surface area contributed by atoms with Gasteiger partial charge < -0.3 is 25.6 Å². The molecular formula is C24H28N6O3. The Kier molecular flexibility index (Phi) is 6.89. The quantitative estimate of drug-likeness (QED) is 0.453. The van der Waals surface area contributed by atoms with Crippen LogP contribution in [0.4, 0.5) is 11.8 Å². The zero-order valence-electron chi connectivity index (χ0n) is 18.8. The van der Waals surface area contributed by atoms with Crippen molar-refractivity contribution in [3.63, 3.8) is 0 Å². The molecule has 1 aliphatic heterocycles. The van der Waals surface area contributed by atoms with Crippen molar-refractivity contribution >= 4 is 23.5 Å².